The Labute approximate surface area is 133 Å². The SMILES string of the molecule is c1ccc(C(CNCc2ccoc2)N2CCCCCC2)cc1. The molecule has 1 fully saturated rings. The number of likely N-dealkylation sites (tertiary alicyclic amines) is 1. The van der Waals surface area contributed by atoms with Gasteiger partial charge in [0.1, 0.15) is 0 Å². The van der Waals surface area contributed by atoms with Gasteiger partial charge in [0.05, 0.1) is 12.5 Å². The van der Waals surface area contributed by atoms with Crippen LogP contribution < -0.4 is 5.32 Å². The fourth-order valence-corrected chi connectivity index (χ4v) is 3.29. The fourth-order valence-electron chi connectivity index (χ4n) is 3.29. The second-order valence-electron chi connectivity index (χ2n) is 6.14. The second-order valence-corrected chi connectivity index (χ2v) is 6.14. The van der Waals surface area contributed by atoms with E-state index in [4.69, 9.17) is 4.42 Å². The van der Waals surface area contributed by atoms with Crippen LogP contribution in [0.2, 0.25) is 0 Å². The summed E-state index contributed by atoms with van der Waals surface area (Å²) in [5.74, 6) is 0. The molecule has 1 saturated heterocycles. The van der Waals surface area contributed by atoms with Crippen LogP contribution in [0.4, 0.5) is 0 Å². The van der Waals surface area contributed by atoms with Gasteiger partial charge in [0, 0.05) is 24.7 Å². The Morgan fingerprint density at radius 3 is 2.45 bits per heavy atom. The van der Waals surface area contributed by atoms with Gasteiger partial charge in [-0.1, -0.05) is 43.2 Å². The zero-order valence-electron chi connectivity index (χ0n) is 13.2. The lowest BCUT2D eigenvalue weighted by Crippen LogP contribution is -2.36. The van der Waals surface area contributed by atoms with E-state index in [-0.39, 0.29) is 0 Å². The van der Waals surface area contributed by atoms with Crippen LogP contribution in [-0.2, 0) is 6.54 Å². The lowest BCUT2D eigenvalue weighted by molar-refractivity contribution is 0.199. The molecule has 0 spiro atoms. The van der Waals surface area contributed by atoms with E-state index >= 15 is 0 Å². The van der Waals surface area contributed by atoms with E-state index in [2.05, 4.69) is 40.5 Å². The Bertz CT molecular complexity index is 516. The van der Waals surface area contributed by atoms with Crippen molar-refractivity contribution in [2.24, 2.45) is 0 Å². The highest BCUT2D eigenvalue weighted by atomic mass is 16.3. The maximum atomic E-state index is 5.14. The number of rotatable bonds is 6. The van der Waals surface area contributed by atoms with E-state index in [0.29, 0.717) is 6.04 Å². The maximum Gasteiger partial charge on any atom is 0.0947 e. The molecular formula is C19H26N2O. The Morgan fingerprint density at radius 1 is 1.00 bits per heavy atom. The number of benzene rings is 1. The molecule has 3 nitrogen and oxygen atoms in total. The van der Waals surface area contributed by atoms with Crippen LogP contribution in [0.5, 0.6) is 0 Å². The summed E-state index contributed by atoms with van der Waals surface area (Å²) >= 11 is 0. The Kier molecular flexibility index (Phi) is 5.68. The molecule has 0 radical (unpaired) electrons. The molecule has 118 valence electrons. The molecule has 1 aliphatic heterocycles. The summed E-state index contributed by atoms with van der Waals surface area (Å²) in [5.41, 5.74) is 2.63. The molecule has 3 rings (SSSR count). The summed E-state index contributed by atoms with van der Waals surface area (Å²) in [4.78, 5) is 2.66. The van der Waals surface area contributed by atoms with E-state index in [1.165, 1.54) is 49.9 Å². The van der Waals surface area contributed by atoms with E-state index < -0.39 is 0 Å². The first kappa shape index (κ1) is 15.3. The monoisotopic (exact) mass is 298 g/mol. The maximum absolute atomic E-state index is 5.14. The minimum absolute atomic E-state index is 0.464. The van der Waals surface area contributed by atoms with E-state index in [0.717, 1.165) is 13.1 Å². The molecule has 1 atom stereocenters. The molecular weight excluding hydrogens is 272 g/mol. The molecule has 2 aromatic rings. The predicted octanol–water partition coefficient (Wildman–Crippen LogP) is 3.99. The van der Waals surface area contributed by atoms with Crippen LogP contribution in [0.3, 0.4) is 0 Å². The number of hydrogen-bond acceptors (Lipinski definition) is 3. The van der Waals surface area contributed by atoms with Crippen molar-refractivity contribution >= 4 is 0 Å². The predicted molar refractivity (Wildman–Crippen MR) is 89.6 cm³/mol. The molecule has 1 aromatic heterocycles. The summed E-state index contributed by atoms with van der Waals surface area (Å²) in [6, 6.07) is 13.4. The summed E-state index contributed by atoms with van der Waals surface area (Å²) in [5, 5.41) is 3.60. The second kappa shape index (κ2) is 8.16. The summed E-state index contributed by atoms with van der Waals surface area (Å²) < 4.78 is 5.14. The Hall–Kier alpha value is -1.58. The highest BCUT2D eigenvalue weighted by Crippen LogP contribution is 2.23. The molecule has 0 saturated carbocycles. The van der Waals surface area contributed by atoms with Gasteiger partial charge in [0.2, 0.25) is 0 Å². The molecule has 1 N–H and O–H groups in total. The largest absolute Gasteiger partial charge is 0.472 e. The van der Waals surface area contributed by atoms with Crippen LogP contribution >= 0.6 is 0 Å². The topological polar surface area (TPSA) is 28.4 Å². The quantitative estimate of drug-likeness (QED) is 0.874. The molecule has 0 amide bonds. The van der Waals surface area contributed by atoms with Crippen molar-refractivity contribution < 1.29 is 4.42 Å². The minimum atomic E-state index is 0.464. The van der Waals surface area contributed by atoms with Crippen molar-refractivity contribution in [1.82, 2.24) is 10.2 Å². The number of nitrogens with zero attached hydrogens (tertiary/aromatic N) is 1. The lowest BCUT2D eigenvalue weighted by atomic mass is 10.0. The van der Waals surface area contributed by atoms with Gasteiger partial charge < -0.3 is 9.73 Å². The zero-order valence-corrected chi connectivity index (χ0v) is 13.2. The molecule has 1 unspecified atom stereocenters. The Balaban J connectivity index is 1.65. The van der Waals surface area contributed by atoms with Crippen molar-refractivity contribution in [1.29, 1.82) is 0 Å². The first-order valence-corrected chi connectivity index (χ1v) is 8.44. The summed E-state index contributed by atoms with van der Waals surface area (Å²) in [6.45, 7) is 4.28. The van der Waals surface area contributed by atoms with Gasteiger partial charge in [-0.2, -0.15) is 0 Å². The standard InChI is InChI=1S/C19H26N2O/c1-2-7-12-21(11-6-1)19(18-8-4-3-5-9-18)15-20-14-17-10-13-22-16-17/h3-5,8-10,13,16,19-20H,1-2,6-7,11-12,14-15H2. The average Bonchev–Trinajstić information content (AvgIpc) is 2.94. The van der Waals surface area contributed by atoms with E-state index in [9.17, 15) is 0 Å². The van der Waals surface area contributed by atoms with Crippen LogP contribution in [0, 0.1) is 0 Å². The van der Waals surface area contributed by atoms with Gasteiger partial charge in [0.15, 0.2) is 0 Å². The van der Waals surface area contributed by atoms with Crippen molar-refractivity contribution in [3.05, 3.63) is 60.1 Å². The number of furan rings is 1. The Morgan fingerprint density at radius 2 is 1.77 bits per heavy atom. The van der Waals surface area contributed by atoms with Crippen molar-refractivity contribution in [3.63, 3.8) is 0 Å². The van der Waals surface area contributed by atoms with Gasteiger partial charge in [-0.05, 0) is 37.6 Å². The normalized spacial score (nSPS) is 18.0. The third kappa shape index (κ3) is 4.21. The fraction of sp³-hybridized carbons (Fsp3) is 0.474. The minimum Gasteiger partial charge on any atom is -0.472 e. The van der Waals surface area contributed by atoms with Gasteiger partial charge >= 0.3 is 0 Å². The van der Waals surface area contributed by atoms with Gasteiger partial charge in [-0.3, -0.25) is 4.90 Å². The molecule has 22 heavy (non-hydrogen) atoms. The van der Waals surface area contributed by atoms with Crippen molar-refractivity contribution in [2.75, 3.05) is 19.6 Å². The third-order valence-corrected chi connectivity index (χ3v) is 4.51. The zero-order chi connectivity index (χ0) is 15.0. The lowest BCUT2D eigenvalue weighted by Gasteiger charge is -2.31. The van der Waals surface area contributed by atoms with Gasteiger partial charge in [-0.15, -0.1) is 0 Å². The van der Waals surface area contributed by atoms with Gasteiger partial charge in [0.25, 0.3) is 0 Å². The molecule has 0 bridgehead atoms. The first-order chi connectivity index (χ1) is 10.9. The van der Waals surface area contributed by atoms with Crippen LogP contribution in [0.15, 0.2) is 53.3 Å². The molecule has 3 heteroatoms. The van der Waals surface area contributed by atoms with E-state index in [1.807, 2.05) is 12.3 Å². The first-order valence-electron chi connectivity index (χ1n) is 8.44. The van der Waals surface area contributed by atoms with E-state index in [1.54, 1.807) is 6.26 Å². The van der Waals surface area contributed by atoms with Crippen LogP contribution in [0.1, 0.15) is 42.9 Å². The third-order valence-electron chi connectivity index (χ3n) is 4.51. The summed E-state index contributed by atoms with van der Waals surface area (Å²) in [7, 11) is 0. The highest BCUT2D eigenvalue weighted by Gasteiger charge is 2.20. The number of hydrogen-bond donors (Lipinski definition) is 1. The van der Waals surface area contributed by atoms with Gasteiger partial charge in [-0.25, -0.2) is 0 Å². The highest BCUT2D eigenvalue weighted by molar-refractivity contribution is 5.19. The molecule has 0 aliphatic carbocycles. The molecule has 1 aliphatic rings. The van der Waals surface area contributed by atoms with Crippen LogP contribution in [-0.4, -0.2) is 24.5 Å². The smallest absolute Gasteiger partial charge is 0.0947 e. The van der Waals surface area contributed by atoms with Crippen LogP contribution in [0.25, 0.3) is 0 Å². The van der Waals surface area contributed by atoms with Crippen molar-refractivity contribution in [2.45, 2.75) is 38.3 Å². The number of nitrogens with one attached hydrogen (secondary N) is 1. The average molecular weight is 298 g/mol. The summed E-state index contributed by atoms with van der Waals surface area (Å²) in [6.07, 6.45) is 8.95. The molecule has 1 aromatic carbocycles. The van der Waals surface area contributed by atoms with Crippen molar-refractivity contribution in [3.8, 4) is 0 Å². The molecule has 2 heterocycles.